The molecule has 2 heterocycles. The molecule has 1 atom stereocenters. The predicted octanol–water partition coefficient (Wildman–Crippen LogP) is 3.72. The van der Waals surface area contributed by atoms with Crippen molar-refractivity contribution in [1.29, 1.82) is 0 Å². The maximum atomic E-state index is 5.64. The highest BCUT2D eigenvalue weighted by Gasteiger charge is 2.19. The van der Waals surface area contributed by atoms with E-state index in [9.17, 15) is 0 Å². The molecule has 2 heteroatoms. The van der Waals surface area contributed by atoms with Gasteiger partial charge in [0.25, 0.3) is 0 Å². The number of ether oxygens (including phenoxy) is 1. The van der Waals surface area contributed by atoms with Crippen molar-refractivity contribution in [2.75, 3.05) is 6.61 Å². The van der Waals surface area contributed by atoms with Gasteiger partial charge in [0.2, 0.25) is 0 Å². The lowest BCUT2D eigenvalue weighted by Gasteiger charge is -2.05. The van der Waals surface area contributed by atoms with Crippen molar-refractivity contribution >= 4 is 11.3 Å². The fourth-order valence-electron chi connectivity index (χ4n) is 1.65. The highest BCUT2D eigenvalue weighted by molar-refractivity contribution is 7.12. The van der Waals surface area contributed by atoms with Crippen molar-refractivity contribution in [3.05, 3.63) is 21.9 Å². The van der Waals surface area contributed by atoms with Gasteiger partial charge in [-0.2, -0.15) is 0 Å². The first-order valence-electron chi connectivity index (χ1n) is 4.98. The van der Waals surface area contributed by atoms with Crippen LogP contribution in [-0.2, 0) is 4.74 Å². The van der Waals surface area contributed by atoms with E-state index in [1.54, 1.807) is 0 Å². The van der Waals surface area contributed by atoms with Gasteiger partial charge in [0.1, 0.15) is 0 Å². The summed E-state index contributed by atoms with van der Waals surface area (Å²) in [7, 11) is 0. The van der Waals surface area contributed by atoms with E-state index in [2.05, 4.69) is 26.0 Å². The fraction of sp³-hybridized carbons (Fsp3) is 0.636. The van der Waals surface area contributed by atoms with E-state index in [1.165, 1.54) is 22.6 Å². The molecule has 0 amide bonds. The largest absolute Gasteiger partial charge is 0.373 e. The molecule has 1 aromatic heterocycles. The Labute approximate surface area is 83.7 Å². The molecule has 1 fully saturated rings. The van der Waals surface area contributed by atoms with Crippen molar-refractivity contribution in [3.8, 4) is 0 Å². The summed E-state index contributed by atoms with van der Waals surface area (Å²) in [5.74, 6) is 0.653. The summed E-state index contributed by atoms with van der Waals surface area (Å²) >= 11 is 1.91. The van der Waals surface area contributed by atoms with Crippen molar-refractivity contribution in [2.24, 2.45) is 0 Å². The number of rotatable bonds is 2. The standard InChI is InChI=1S/C11H16OS/c1-8(2)10-5-6-11(13-10)9-4-3-7-12-9/h5-6,8-9H,3-4,7H2,1-2H3. The van der Waals surface area contributed by atoms with Crippen LogP contribution in [0.1, 0.15) is 48.5 Å². The molecule has 0 saturated carbocycles. The summed E-state index contributed by atoms with van der Waals surface area (Å²) in [6.45, 7) is 5.43. The molecule has 0 aliphatic carbocycles. The Bertz CT molecular complexity index is 271. The van der Waals surface area contributed by atoms with E-state index in [4.69, 9.17) is 4.74 Å². The second kappa shape index (κ2) is 3.81. The maximum absolute atomic E-state index is 5.64. The zero-order chi connectivity index (χ0) is 9.26. The molecule has 1 aromatic rings. The van der Waals surface area contributed by atoms with Gasteiger partial charge < -0.3 is 4.74 Å². The van der Waals surface area contributed by atoms with Crippen molar-refractivity contribution in [3.63, 3.8) is 0 Å². The van der Waals surface area contributed by atoms with Crippen LogP contribution in [-0.4, -0.2) is 6.61 Å². The fourth-order valence-corrected chi connectivity index (χ4v) is 2.75. The van der Waals surface area contributed by atoms with Crippen molar-refractivity contribution in [1.82, 2.24) is 0 Å². The lowest BCUT2D eigenvalue weighted by atomic mass is 10.2. The lowest BCUT2D eigenvalue weighted by molar-refractivity contribution is 0.114. The van der Waals surface area contributed by atoms with Gasteiger partial charge in [0, 0.05) is 16.4 Å². The zero-order valence-corrected chi connectivity index (χ0v) is 9.06. The second-order valence-corrected chi connectivity index (χ2v) is 5.04. The van der Waals surface area contributed by atoms with Gasteiger partial charge >= 0.3 is 0 Å². The molecule has 1 aliphatic heterocycles. The highest BCUT2D eigenvalue weighted by Crippen LogP contribution is 2.35. The molecule has 2 rings (SSSR count). The minimum Gasteiger partial charge on any atom is -0.373 e. The van der Waals surface area contributed by atoms with E-state index < -0.39 is 0 Å². The second-order valence-electron chi connectivity index (χ2n) is 3.90. The minimum atomic E-state index is 0.400. The minimum absolute atomic E-state index is 0.400. The first-order chi connectivity index (χ1) is 6.27. The molecular weight excluding hydrogens is 180 g/mol. The molecule has 13 heavy (non-hydrogen) atoms. The Morgan fingerprint density at radius 3 is 2.85 bits per heavy atom. The summed E-state index contributed by atoms with van der Waals surface area (Å²) in [6, 6.07) is 4.47. The summed E-state index contributed by atoms with van der Waals surface area (Å²) in [6.07, 6.45) is 2.83. The maximum Gasteiger partial charge on any atom is 0.0917 e. The predicted molar refractivity (Wildman–Crippen MR) is 56.3 cm³/mol. The molecule has 72 valence electrons. The van der Waals surface area contributed by atoms with Crippen LogP contribution in [0.25, 0.3) is 0 Å². The van der Waals surface area contributed by atoms with Crippen LogP contribution in [0.15, 0.2) is 12.1 Å². The van der Waals surface area contributed by atoms with E-state index in [-0.39, 0.29) is 0 Å². The molecule has 1 saturated heterocycles. The van der Waals surface area contributed by atoms with Gasteiger partial charge in [-0.05, 0) is 30.9 Å². The topological polar surface area (TPSA) is 9.23 Å². The number of hydrogen-bond acceptors (Lipinski definition) is 2. The van der Waals surface area contributed by atoms with Gasteiger partial charge in [-0.25, -0.2) is 0 Å². The lowest BCUT2D eigenvalue weighted by Crippen LogP contribution is -1.90. The van der Waals surface area contributed by atoms with Gasteiger partial charge in [-0.3, -0.25) is 0 Å². The molecule has 1 nitrogen and oxygen atoms in total. The Hall–Kier alpha value is -0.340. The summed E-state index contributed by atoms with van der Waals surface area (Å²) in [4.78, 5) is 2.90. The Morgan fingerprint density at radius 2 is 2.31 bits per heavy atom. The molecule has 0 N–H and O–H groups in total. The van der Waals surface area contributed by atoms with Crippen LogP contribution in [0.5, 0.6) is 0 Å². The van der Waals surface area contributed by atoms with E-state index >= 15 is 0 Å². The Kier molecular flexibility index (Phi) is 2.70. The molecule has 0 aromatic carbocycles. The number of hydrogen-bond donors (Lipinski definition) is 0. The third-order valence-corrected chi connectivity index (χ3v) is 3.94. The van der Waals surface area contributed by atoms with Gasteiger partial charge in [0.05, 0.1) is 6.10 Å². The highest BCUT2D eigenvalue weighted by atomic mass is 32.1. The van der Waals surface area contributed by atoms with Crippen LogP contribution in [0.4, 0.5) is 0 Å². The van der Waals surface area contributed by atoms with Crippen LogP contribution >= 0.6 is 11.3 Å². The summed E-state index contributed by atoms with van der Waals surface area (Å²) in [5.41, 5.74) is 0. The molecule has 0 spiro atoms. The summed E-state index contributed by atoms with van der Waals surface area (Å²) in [5, 5.41) is 0. The van der Waals surface area contributed by atoms with E-state index in [0.29, 0.717) is 12.0 Å². The molecule has 0 radical (unpaired) electrons. The van der Waals surface area contributed by atoms with Crippen LogP contribution < -0.4 is 0 Å². The van der Waals surface area contributed by atoms with Crippen LogP contribution in [0, 0.1) is 0 Å². The van der Waals surface area contributed by atoms with Crippen molar-refractivity contribution < 1.29 is 4.74 Å². The summed E-state index contributed by atoms with van der Waals surface area (Å²) < 4.78 is 5.64. The number of thiophene rings is 1. The first-order valence-corrected chi connectivity index (χ1v) is 5.80. The normalized spacial score (nSPS) is 22.8. The molecule has 0 bridgehead atoms. The first kappa shape index (κ1) is 9.22. The molecular formula is C11H16OS. The van der Waals surface area contributed by atoms with Gasteiger partial charge in [0.15, 0.2) is 0 Å². The molecule has 1 unspecified atom stereocenters. The monoisotopic (exact) mass is 196 g/mol. The third-order valence-electron chi connectivity index (χ3n) is 2.46. The van der Waals surface area contributed by atoms with Crippen molar-refractivity contribution in [2.45, 2.75) is 38.7 Å². The van der Waals surface area contributed by atoms with E-state index in [1.807, 2.05) is 11.3 Å². The smallest absolute Gasteiger partial charge is 0.0917 e. The van der Waals surface area contributed by atoms with Crippen LogP contribution in [0.2, 0.25) is 0 Å². The Morgan fingerprint density at radius 1 is 1.46 bits per heavy atom. The van der Waals surface area contributed by atoms with Gasteiger partial charge in [-0.1, -0.05) is 13.8 Å². The SMILES string of the molecule is CC(C)c1ccc(C2CCCO2)s1. The van der Waals surface area contributed by atoms with Crippen LogP contribution in [0.3, 0.4) is 0 Å². The third kappa shape index (κ3) is 1.94. The average molecular weight is 196 g/mol. The Balaban J connectivity index is 2.12. The quantitative estimate of drug-likeness (QED) is 0.700. The molecule has 1 aliphatic rings. The zero-order valence-electron chi connectivity index (χ0n) is 8.25. The van der Waals surface area contributed by atoms with Gasteiger partial charge in [-0.15, -0.1) is 11.3 Å². The van der Waals surface area contributed by atoms with E-state index in [0.717, 1.165) is 6.61 Å². The average Bonchev–Trinajstić information content (AvgIpc) is 2.75.